The van der Waals surface area contributed by atoms with E-state index in [1.807, 2.05) is 0 Å². The molecule has 0 N–H and O–H groups in total. The Kier molecular flexibility index (Phi) is 4.36. The topological polar surface area (TPSA) is 63.5 Å². The Balaban J connectivity index is 3.10. The highest BCUT2D eigenvalue weighted by molar-refractivity contribution is 5.98. The zero-order chi connectivity index (χ0) is 15.6. The van der Waals surface area contributed by atoms with Crippen LogP contribution in [0.2, 0.25) is 0 Å². The van der Waals surface area contributed by atoms with Gasteiger partial charge in [0.05, 0.1) is 0 Å². The summed E-state index contributed by atoms with van der Waals surface area (Å²) in [5, 5.41) is 10.9. The number of halogens is 3. The monoisotopic (exact) mass is 290 g/mol. The third-order valence-electron chi connectivity index (χ3n) is 2.86. The third-order valence-corrected chi connectivity index (χ3v) is 2.86. The van der Waals surface area contributed by atoms with Gasteiger partial charge in [-0.05, 0) is 12.1 Å². The Morgan fingerprint density at radius 1 is 1.30 bits per heavy atom. The smallest absolute Gasteiger partial charge is 0.309 e. The number of likely N-dealkylation sites (N-methyl/N-ethyl adjacent to an activating group) is 1. The second kappa shape index (κ2) is 5.48. The van der Waals surface area contributed by atoms with Crippen molar-refractivity contribution >= 4 is 11.6 Å². The summed E-state index contributed by atoms with van der Waals surface area (Å²) in [4.78, 5) is 22.7. The van der Waals surface area contributed by atoms with Crippen molar-refractivity contribution in [2.75, 3.05) is 11.9 Å². The van der Waals surface area contributed by atoms with Gasteiger partial charge in [0.1, 0.15) is 6.42 Å². The van der Waals surface area contributed by atoms with Gasteiger partial charge in [-0.25, -0.2) is 0 Å². The van der Waals surface area contributed by atoms with Gasteiger partial charge in [-0.3, -0.25) is 14.9 Å². The average Bonchev–Trinajstić information content (AvgIpc) is 2.35. The largest absolute Gasteiger partial charge is 0.396 e. The first kappa shape index (κ1) is 15.9. The van der Waals surface area contributed by atoms with E-state index >= 15 is 0 Å². The number of nitro groups is 1. The average molecular weight is 290 g/mol. The van der Waals surface area contributed by atoms with E-state index in [2.05, 4.69) is 0 Å². The molecule has 5 nitrogen and oxygen atoms in total. The summed E-state index contributed by atoms with van der Waals surface area (Å²) >= 11 is 0. The summed E-state index contributed by atoms with van der Waals surface area (Å²) in [6.45, 7) is 0.683. The number of para-hydroxylation sites is 1. The van der Waals surface area contributed by atoms with Crippen molar-refractivity contribution < 1.29 is 22.9 Å². The van der Waals surface area contributed by atoms with Crippen LogP contribution in [0.4, 0.5) is 18.9 Å². The number of rotatable bonds is 4. The summed E-state index contributed by atoms with van der Waals surface area (Å²) in [5.41, 5.74) is -2.46. The van der Waals surface area contributed by atoms with E-state index in [1.165, 1.54) is 19.2 Å². The van der Waals surface area contributed by atoms with Crippen molar-refractivity contribution in [2.24, 2.45) is 0 Å². The second-order valence-electron chi connectivity index (χ2n) is 4.52. The first-order chi connectivity index (χ1) is 9.08. The van der Waals surface area contributed by atoms with Gasteiger partial charge in [-0.2, -0.15) is 13.2 Å². The van der Waals surface area contributed by atoms with Gasteiger partial charge in [0.25, 0.3) is 0 Å². The van der Waals surface area contributed by atoms with Crippen LogP contribution in [-0.2, 0) is 4.79 Å². The number of carbonyl (C=O) groups excluding carboxylic acids is 1. The molecule has 20 heavy (non-hydrogen) atoms. The summed E-state index contributed by atoms with van der Waals surface area (Å²) in [7, 11) is 1.20. The molecule has 0 heterocycles. The normalized spacial score (nSPS) is 14.4. The minimum Gasteiger partial charge on any atom is -0.309 e. The van der Waals surface area contributed by atoms with Crippen molar-refractivity contribution in [1.82, 2.24) is 0 Å². The highest BCUT2D eigenvalue weighted by atomic mass is 19.4. The van der Waals surface area contributed by atoms with Gasteiger partial charge in [0, 0.05) is 24.6 Å². The van der Waals surface area contributed by atoms with Crippen molar-refractivity contribution in [2.45, 2.75) is 25.1 Å². The number of hydrogen-bond acceptors (Lipinski definition) is 3. The standard InChI is InChI=1S/C12H13F3N2O3/c1-11(17(19)20,8-12(13,14)15)10(18)16(2)9-6-4-3-5-7-9/h3-7H,8H2,1-2H3. The molecule has 1 atom stereocenters. The highest BCUT2D eigenvalue weighted by Crippen LogP contribution is 2.31. The molecule has 1 rings (SSSR count). The Morgan fingerprint density at radius 3 is 2.20 bits per heavy atom. The van der Waals surface area contributed by atoms with E-state index in [4.69, 9.17) is 0 Å². The minimum absolute atomic E-state index is 0.285. The molecule has 110 valence electrons. The zero-order valence-electron chi connectivity index (χ0n) is 10.8. The molecule has 0 saturated carbocycles. The van der Waals surface area contributed by atoms with E-state index in [-0.39, 0.29) is 5.69 Å². The molecule has 1 amide bonds. The van der Waals surface area contributed by atoms with Gasteiger partial charge in [0.15, 0.2) is 0 Å². The van der Waals surface area contributed by atoms with Gasteiger partial charge >= 0.3 is 17.6 Å². The lowest BCUT2D eigenvalue weighted by Gasteiger charge is -2.26. The Labute approximate surface area is 113 Å². The molecule has 0 aromatic heterocycles. The van der Waals surface area contributed by atoms with Crippen molar-refractivity contribution in [1.29, 1.82) is 0 Å². The Hall–Kier alpha value is -2.12. The van der Waals surface area contributed by atoms with Crippen LogP contribution in [0.25, 0.3) is 0 Å². The van der Waals surface area contributed by atoms with Crippen LogP contribution in [0.3, 0.4) is 0 Å². The third kappa shape index (κ3) is 3.46. The highest BCUT2D eigenvalue weighted by Gasteiger charge is 2.55. The molecule has 0 bridgehead atoms. The van der Waals surface area contributed by atoms with Gasteiger partial charge in [0.2, 0.25) is 0 Å². The molecular formula is C12H13F3N2O3. The van der Waals surface area contributed by atoms with Gasteiger partial charge in [-0.1, -0.05) is 18.2 Å². The zero-order valence-corrected chi connectivity index (χ0v) is 10.8. The maximum Gasteiger partial charge on any atom is 0.396 e. The van der Waals surface area contributed by atoms with E-state index in [0.29, 0.717) is 6.92 Å². The first-order valence-corrected chi connectivity index (χ1v) is 5.62. The van der Waals surface area contributed by atoms with Crippen molar-refractivity contribution in [3.63, 3.8) is 0 Å². The Bertz CT molecular complexity index is 504. The van der Waals surface area contributed by atoms with E-state index in [0.717, 1.165) is 4.90 Å². The number of nitrogens with zero attached hydrogens (tertiary/aromatic N) is 2. The predicted octanol–water partition coefficient (Wildman–Crippen LogP) is 2.64. The molecule has 8 heteroatoms. The second-order valence-corrected chi connectivity index (χ2v) is 4.52. The van der Waals surface area contributed by atoms with Crippen molar-refractivity contribution in [3.8, 4) is 0 Å². The number of anilines is 1. The molecule has 1 aromatic rings. The molecule has 1 aromatic carbocycles. The molecule has 0 radical (unpaired) electrons. The maximum atomic E-state index is 12.5. The Morgan fingerprint density at radius 2 is 1.80 bits per heavy atom. The SMILES string of the molecule is CN(C(=O)C(C)(CC(F)(F)F)[N+](=O)[O-])c1ccccc1. The van der Waals surface area contributed by atoms with E-state index in [9.17, 15) is 28.1 Å². The van der Waals surface area contributed by atoms with E-state index in [1.54, 1.807) is 18.2 Å². The van der Waals surface area contributed by atoms with E-state index < -0.39 is 29.0 Å². The van der Waals surface area contributed by atoms with Gasteiger partial charge < -0.3 is 4.90 Å². The molecule has 0 spiro atoms. The minimum atomic E-state index is -4.81. The molecule has 0 aliphatic carbocycles. The number of hydrogen-bond donors (Lipinski definition) is 0. The molecule has 1 unspecified atom stereocenters. The van der Waals surface area contributed by atoms with Crippen molar-refractivity contribution in [3.05, 3.63) is 40.4 Å². The summed E-state index contributed by atoms with van der Waals surface area (Å²) in [5.74, 6) is -1.22. The van der Waals surface area contributed by atoms with Crippen LogP contribution >= 0.6 is 0 Å². The quantitative estimate of drug-likeness (QED) is 0.632. The molecule has 0 fully saturated rings. The van der Waals surface area contributed by atoms with Crippen LogP contribution in [-0.4, -0.2) is 29.6 Å². The fraction of sp³-hybridized carbons (Fsp3) is 0.417. The lowest BCUT2D eigenvalue weighted by molar-refractivity contribution is -0.555. The van der Waals surface area contributed by atoms with Crippen LogP contribution in [0, 0.1) is 10.1 Å². The van der Waals surface area contributed by atoms with Gasteiger partial charge in [-0.15, -0.1) is 0 Å². The molecule has 0 saturated heterocycles. The number of alkyl halides is 3. The summed E-state index contributed by atoms with van der Waals surface area (Å²) in [6, 6.07) is 7.76. The molecule has 0 aliphatic heterocycles. The maximum absolute atomic E-state index is 12.5. The molecular weight excluding hydrogens is 277 g/mol. The number of benzene rings is 1. The lowest BCUT2D eigenvalue weighted by atomic mass is 9.96. The fourth-order valence-electron chi connectivity index (χ4n) is 1.74. The number of carbonyl (C=O) groups is 1. The summed E-state index contributed by atoms with van der Waals surface area (Å²) in [6.07, 6.45) is -6.63. The first-order valence-electron chi connectivity index (χ1n) is 5.62. The number of amides is 1. The lowest BCUT2D eigenvalue weighted by Crippen LogP contribution is -2.53. The fourth-order valence-corrected chi connectivity index (χ4v) is 1.74. The van der Waals surface area contributed by atoms with Crippen LogP contribution < -0.4 is 4.90 Å². The summed E-state index contributed by atoms with van der Waals surface area (Å²) < 4.78 is 37.4. The van der Waals surface area contributed by atoms with Crippen LogP contribution in [0.15, 0.2) is 30.3 Å². The van der Waals surface area contributed by atoms with Crippen LogP contribution in [0.5, 0.6) is 0 Å². The predicted molar refractivity (Wildman–Crippen MR) is 65.9 cm³/mol. The van der Waals surface area contributed by atoms with Crippen LogP contribution in [0.1, 0.15) is 13.3 Å². The molecule has 0 aliphatic rings.